The number of nitrogens with one attached hydrogen (secondary N) is 1. The number of halogens is 1. The Hall–Kier alpha value is -1.37. The second-order valence-corrected chi connectivity index (χ2v) is 6.37. The molecule has 5 nitrogen and oxygen atoms in total. The second-order valence-electron chi connectivity index (χ2n) is 5.52. The molecule has 21 heavy (non-hydrogen) atoms. The van der Waals surface area contributed by atoms with Crippen molar-refractivity contribution >= 4 is 15.9 Å². The fourth-order valence-corrected chi connectivity index (χ4v) is 3.42. The smallest absolute Gasteiger partial charge is 0.122 e. The summed E-state index contributed by atoms with van der Waals surface area (Å²) in [6, 6.07) is 8.31. The van der Waals surface area contributed by atoms with E-state index >= 15 is 0 Å². The third-order valence-corrected chi connectivity index (χ3v) is 4.50. The number of rotatable bonds is 4. The van der Waals surface area contributed by atoms with Crippen LogP contribution in [0.15, 0.2) is 34.9 Å². The van der Waals surface area contributed by atoms with Crippen molar-refractivity contribution < 1.29 is 4.74 Å². The molecule has 1 aromatic heterocycles. The minimum Gasteiger partial charge on any atom is -0.493 e. The standard InChI is InChI=1S/C15H19BrN4O/c1-9(2)20-15(12(16)7-18-20)14(19-17)11-8-21-13-6-4-3-5-10(11)13/h3-7,9,11,14,19H,8,17H2,1-2H3. The van der Waals surface area contributed by atoms with E-state index in [9.17, 15) is 0 Å². The van der Waals surface area contributed by atoms with Crippen molar-refractivity contribution in [2.75, 3.05) is 6.61 Å². The summed E-state index contributed by atoms with van der Waals surface area (Å²) in [7, 11) is 0. The Morgan fingerprint density at radius 1 is 1.43 bits per heavy atom. The SMILES string of the molecule is CC(C)n1ncc(Br)c1C(NN)C1COc2ccccc21. The van der Waals surface area contributed by atoms with Crippen molar-refractivity contribution in [2.45, 2.75) is 31.8 Å². The van der Waals surface area contributed by atoms with Crippen LogP contribution in [0.25, 0.3) is 0 Å². The van der Waals surface area contributed by atoms with Crippen LogP contribution >= 0.6 is 15.9 Å². The van der Waals surface area contributed by atoms with Gasteiger partial charge < -0.3 is 4.74 Å². The van der Waals surface area contributed by atoms with Gasteiger partial charge >= 0.3 is 0 Å². The average Bonchev–Trinajstić information content (AvgIpc) is 3.06. The number of para-hydroxylation sites is 1. The Morgan fingerprint density at radius 3 is 2.90 bits per heavy atom. The molecule has 1 aliphatic heterocycles. The van der Waals surface area contributed by atoms with Gasteiger partial charge in [-0.1, -0.05) is 18.2 Å². The summed E-state index contributed by atoms with van der Waals surface area (Å²) in [6.45, 7) is 4.83. The highest BCUT2D eigenvalue weighted by molar-refractivity contribution is 9.10. The van der Waals surface area contributed by atoms with E-state index in [-0.39, 0.29) is 18.0 Å². The second kappa shape index (κ2) is 5.79. The van der Waals surface area contributed by atoms with E-state index < -0.39 is 0 Å². The molecule has 6 heteroatoms. The molecule has 1 aromatic carbocycles. The zero-order valence-corrected chi connectivity index (χ0v) is 13.7. The van der Waals surface area contributed by atoms with Gasteiger partial charge in [-0.25, -0.2) is 0 Å². The van der Waals surface area contributed by atoms with Crippen molar-refractivity contribution in [2.24, 2.45) is 5.84 Å². The van der Waals surface area contributed by atoms with Crippen molar-refractivity contribution in [1.29, 1.82) is 0 Å². The molecule has 3 N–H and O–H groups in total. The van der Waals surface area contributed by atoms with E-state index in [0.717, 1.165) is 15.9 Å². The summed E-state index contributed by atoms with van der Waals surface area (Å²) in [5.74, 6) is 6.97. The maximum atomic E-state index is 5.87. The number of aromatic nitrogens is 2. The minimum atomic E-state index is -0.0621. The average molecular weight is 351 g/mol. The van der Waals surface area contributed by atoms with Crippen molar-refractivity contribution in [3.63, 3.8) is 0 Å². The molecule has 2 atom stereocenters. The van der Waals surface area contributed by atoms with Gasteiger partial charge in [-0.2, -0.15) is 5.10 Å². The minimum absolute atomic E-state index is 0.0621. The number of hydrogen-bond donors (Lipinski definition) is 2. The van der Waals surface area contributed by atoms with E-state index in [1.807, 2.05) is 29.1 Å². The Balaban J connectivity index is 2.03. The number of ether oxygens (including phenoxy) is 1. The largest absolute Gasteiger partial charge is 0.493 e. The van der Waals surface area contributed by atoms with Gasteiger partial charge in [-0.3, -0.25) is 16.0 Å². The molecule has 0 aliphatic carbocycles. The van der Waals surface area contributed by atoms with E-state index in [0.29, 0.717) is 6.61 Å². The zero-order valence-electron chi connectivity index (χ0n) is 12.1. The summed E-state index contributed by atoms with van der Waals surface area (Å²) >= 11 is 3.59. The third-order valence-electron chi connectivity index (χ3n) is 3.89. The molecule has 2 heterocycles. The van der Waals surface area contributed by atoms with Gasteiger partial charge in [0.25, 0.3) is 0 Å². The molecular weight excluding hydrogens is 332 g/mol. The van der Waals surface area contributed by atoms with Crippen molar-refractivity contribution in [3.8, 4) is 5.75 Å². The molecule has 0 spiro atoms. The highest BCUT2D eigenvalue weighted by atomic mass is 79.9. The number of fused-ring (bicyclic) bond motifs is 1. The first-order valence-electron chi connectivity index (χ1n) is 7.04. The summed E-state index contributed by atoms with van der Waals surface area (Å²) in [4.78, 5) is 0. The molecule has 0 saturated heterocycles. The van der Waals surface area contributed by atoms with Gasteiger partial charge in [0.1, 0.15) is 5.75 Å². The van der Waals surface area contributed by atoms with Crippen LogP contribution < -0.4 is 16.0 Å². The van der Waals surface area contributed by atoms with Crippen molar-refractivity contribution in [3.05, 3.63) is 46.2 Å². The van der Waals surface area contributed by atoms with Crippen LogP contribution in [0.4, 0.5) is 0 Å². The van der Waals surface area contributed by atoms with Gasteiger partial charge in [-0.05, 0) is 35.8 Å². The van der Waals surface area contributed by atoms with Crippen LogP contribution in [0.5, 0.6) is 5.75 Å². The summed E-state index contributed by atoms with van der Waals surface area (Å²) in [6.07, 6.45) is 1.82. The van der Waals surface area contributed by atoms with Gasteiger partial charge in [0.05, 0.1) is 29.0 Å². The van der Waals surface area contributed by atoms with E-state index in [1.165, 1.54) is 5.56 Å². The monoisotopic (exact) mass is 350 g/mol. The van der Waals surface area contributed by atoms with Gasteiger partial charge in [-0.15, -0.1) is 0 Å². The lowest BCUT2D eigenvalue weighted by molar-refractivity contribution is 0.292. The Kier molecular flexibility index (Phi) is 4.01. The Morgan fingerprint density at radius 2 is 2.19 bits per heavy atom. The van der Waals surface area contributed by atoms with Crippen LogP contribution in [0.3, 0.4) is 0 Å². The van der Waals surface area contributed by atoms with Crippen LogP contribution in [-0.4, -0.2) is 16.4 Å². The van der Waals surface area contributed by atoms with Crippen LogP contribution in [0.2, 0.25) is 0 Å². The molecule has 0 bridgehead atoms. The van der Waals surface area contributed by atoms with Crippen LogP contribution in [0, 0.1) is 0 Å². The van der Waals surface area contributed by atoms with E-state index in [4.69, 9.17) is 10.6 Å². The number of benzene rings is 1. The van der Waals surface area contributed by atoms with E-state index in [2.05, 4.69) is 46.4 Å². The van der Waals surface area contributed by atoms with Gasteiger partial charge in [0.15, 0.2) is 0 Å². The molecule has 3 rings (SSSR count). The molecule has 0 radical (unpaired) electrons. The number of nitrogens with two attached hydrogens (primary N) is 1. The quantitative estimate of drug-likeness (QED) is 0.657. The number of hydrogen-bond acceptors (Lipinski definition) is 4. The lowest BCUT2D eigenvalue weighted by Crippen LogP contribution is -2.35. The fraction of sp³-hybridized carbons (Fsp3) is 0.400. The fourth-order valence-electron chi connectivity index (χ4n) is 2.90. The molecule has 0 amide bonds. The molecule has 112 valence electrons. The predicted molar refractivity (Wildman–Crippen MR) is 85.1 cm³/mol. The third kappa shape index (κ3) is 2.47. The lowest BCUT2D eigenvalue weighted by Gasteiger charge is -2.25. The van der Waals surface area contributed by atoms with Crippen molar-refractivity contribution in [1.82, 2.24) is 15.2 Å². The number of nitrogens with zero attached hydrogens (tertiary/aromatic N) is 2. The molecular formula is C15H19BrN4O. The van der Waals surface area contributed by atoms with E-state index in [1.54, 1.807) is 0 Å². The number of hydrazine groups is 1. The predicted octanol–water partition coefficient (Wildman–Crippen LogP) is 2.91. The molecule has 1 aliphatic rings. The Bertz CT molecular complexity index is 640. The van der Waals surface area contributed by atoms with Gasteiger partial charge in [0, 0.05) is 17.5 Å². The maximum absolute atomic E-state index is 5.87. The lowest BCUT2D eigenvalue weighted by atomic mass is 9.91. The first-order valence-corrected chi connectivity index (χ1v) is 7.83. The zero-order chi connectivity index (χ0) is 15.0. The molecule has 2 unspecified atom stereocenters. The first kappa shape index (κ1) is 14.6. The van der Waals surface area contributed by atoms with Crippen LogP contribution in [0.1, 0.15) is 43.1 Å². The van der Waals surface area contributed by atoms with Crippen LogP contribution in [-0.2, 0) is 0 Å². The summed E-state index contributed by atoms with van der Waals surface area (Å²) in [5, 5.41) is 4.44. The highest BCUT2D eigenvalue weighted by Gasteiger charge is 2.35. The first-order chi connectivity index (χ1) is 10.1. The summed E-state index contributed by atoms with van der Waals surface area (Å²) < 4.78 is 8.75. The summed E-state index contributed by atoms with van der Waals surface area (Å²) in [5.41, 5.74) is 5.19. The topological polar surface area (TPSA) is 65.1 Å². The van der Waals surface area contributed by atoms with Gasteiger partial charge in [0.2, 0.25) is 0 Å². The maximum Gasteiger partial charge on any atom is 0.122 e. The Labute approximate surface area is 132 Å². The molecule has 0 saturated carbocycles. The highest BCUT2D eigenvalue weighted by Crippen LogP contribution is 2.42. The normalized spacial score (nSPS) is 18.6. The molecule has 2 aromatic rings. The molecule has 0 fully saturated rings.